The highest BCUT2D eigenvalue weighted by molar-refractivity contribution is 6.18. The molecule has 1 heterocycles. The third kappa shape index (κ3) is 4.34. The fourth-order valence-electron chi connectivity index (χ4n) is 1.31. The summed E-state index contributed by atoms with van der Waals surface area (Å²) in [5.41, 5.74) is 0. The van der Waals surface area contributed by atoms with Crippen LogP contribution in [0, 0.1) is 0 Å². The Kier molecular flexibility index (Phi) is 5.18. The molecule has 0 aromatic carbocycles. The Morgan fingerprint density at radius 2 is 2.47 bits per heavy atom. The Morgan fingerprint density at radius 3 is 3.00 bits per heavy atom. The van der Waals surface area contributed by atoms with Gasteiger partial charge in [0, 0.05) is 37.3 Å². The van der Waals surface area contributed by atoms with Crippen LogP contribution >= 0.6 is 11.6 Å². The van der Waals surface area contributed by atoms with Gasteiger partial charge in [-0.1, -0.05) is 6.92 Å². The maximum absolute atomic E-state index is 11.3. The van der Waals surface area contributed by atoms with Crippen LogP contribution in [0.3, 0.4) is 0 Å². The maximum atomic E-state index is 11.3. The van der Waals surface area contributed by atoms with Gasteiger partial charge in [0.15, 0.2) is 0 Å². The number of alkyl halides is 1. The van der Waals surface area contributed by atoms with E-state index in [-0.39, 0.29) is 11.9 Å². The van der Waals surface area contributed by atoms with Crippen molar-refractivity contribution in [2.45, 2.75) is 32.4 Å². The van der Waals surface area contributed by atoms with E-state index < -0.39 is 0 Å². The van der Waals surface area contributed by atoms with Crippen molar-refractivity contribution in [1.82, 2.24) is 14.9 Å². The minimum Gasteiger partial charge on any atom is -0.352 e. The molecule has 0 aliphatic rings. The number of amides is 1. The second-order valence-electron chi connectivity index (χ2n) is 3.37. The molecule has 0 fully saturated rings. The molecule has 1 aromatic heterocycles. The van der Waals surface area contributed by atoms with Gasteiger partial charge in [0.1, 0.15) is 0 Å². The van der Waals surface area contributed by atoms with Gasteiger partial charge in [-0.15, -0.1) is 11.6 Å². The fraction of sp³-hybridized carbons (Fsp3) is 0.600. The van der Waals surface area contributed by atoms with E-state index in [1.807, 2.05) is 17.7 Å². The highest BCUT2D eigenvalue weighted by Gasteiger charge is 2.09. The van der Waals surface area contributed by atoms with Gasteiger partial charge in [-0.3, -0.25) is 4.79 Å². The van der Waals surface area contributed by atoms with Crippen LogP contribution in [0.25, 0.3) is 0 Å². The number of imidazole rings is 1. The quantitative estimate of drug-likeness (QED) is 0.750. The molecule has 84 valence electrons. The number of halogens is 1. The lowest BCUT2D eigenvalue weighted by molar-refractivity contribution is -0.121. The average molecular weight is 230 g/mol. The van der Waals surface area contributed by atoms with Crippen LogP contribution in [0.5, 0.6) is 0 Å². The van der Waals surface area contributed by atoms with Gasteiger partial charge >= 0.3 is 0 Å². The molecule has 0 bridgehead atoms. The minimum atomic E-state index is 0.0111. The van der Waals surface area contributed by atoms with Crippen molar-refractivity contribution < 1.29 is 4.79 Å². The third-order valence-electron chi connectivity index (χ3n) is 2.17. The van der Waals surface area contributed by atoms with Crippen LogP contribution in [-0.2, 0) is 11.3 Å². The van der Waals surface area contributed by atoms with E-state index in [1.165, 1.54) is 0 Å². The van der Waals surface area contributed by atoms with E-state index in [9.17, 15) is 4.79 Å². The first kappa shape index (κ1) is 12.0. The van der Waals surface area contributed by atoms with Gasteiger partial charge < -0.3 is 9.88 Å². The van der Waals surface area contributed by atoms with Crippen LogP contribution in [-0.4, -0.2) is 27.4 Å². The summed E-state index contributed by atoms with van der Waals surface area (Å²) in [6.45, 7) is 2.80. The molecule has 1 rings (SSSR count). The van der Waals surface area contributed by atoms with E-state index >= 15 is 0 Å². The number of aromatic nitrogens is 2. The van der Waals surface area contributed by atoms with Crippen LogP contribution in [0.15, 0.2) is 18.7 Å². The van der Waals surface area contributed by atoms with Gasteiger partial charge in [-0.25, -0.2) is 4.98 Å². The summed E-state index contributed by atoms with van der Waals surface area (Å²) >= 11 is 5.49. The zero-order valence-electron chi connectivity index (χ0n) is 8.82. The smallest absolute Gasteiger partial charge is 0.221 e. The molecule has 0 aliphatic carbocycles. The lowest BCUT2D eigenvalue weighted by Crippen LogP contribution is -2.37. The minimum absolute atomic E-state index is 0.0111. The predicted molar refractivity (Wildman–Crippen MR) is 59.8 cm³/mol. The number of hydrogen-bond donors (Lipinski definition) is 1. The van der Waals surface area contributed by atoms with Crippen LogP contribution in [0.4, 0.5) is 0 Å². The Morgan fingerprint density at radius 1 is 1.67 bits per heavy atom. The van der Waals surface area contributed by atoms with Gasteiger partial charge in [-0.2, -0.15) is 0 Å². The first-order valence-corrected chi connectivity index (χ1v) is 5.60. The second kappa shape index (κ2) is 6.45. The van der Waals surface area contributed by atoms with E-state index in [1.54, 1.807) is 12.5 Å². The van der Waals surface area contributed by atoms with E-state index in [2.05, 4.69) is 10.3 Å². The van der Waals surface area contributed by atoms with Crippen molar-refractivity contribution >= 4 is 17.5 Å². The lowest BCUT2D eigenvalue weighted by atomic mass is 10.2. The number of hydrogen-bond acceptors (Lipinski definition) is 2. The summed E-state index contributed by atoms with van der Waals surface area (Å²) in [7, 11) is 0. The first-order valence-electron chi connectivity index (χ1n) is 5.07. The van der Waals surface area contributed by atoms with Crippen molar-refractivity contribution in [3.63, 3.8) is 0 Å². The van der Waals surface area contributed by atoms with Crippen molar-refractivity contribution in [1.29, 1.82) is 0 Å². The first-order chi connectivity index (χ1) is 7.26. The molecule has 1 amide bonds. The zero-order valence-corrected chi connectivity index (χ0v) is 9.57. The molecule has 0 aliphatic heterocycles. The average Bonchev–Trinajstić information content (AvgIpc) is 2.70. The number of nitrogens with zero attached hydrogens (tertiary/aromatic N) is 2. The van der Waals surface area contributed by atoms with Crippen molar-refractivity contribution in [2.75, 3.05) is 5.88 Å². The summed E-state index contributed by atoms with van der Waals surface area (Å²) in [6.07, 6.45) is 6.63. The Labute approximate surface area is 94.6 Å². The molecule has 15 heavy (non-hydrogen) atoms. The third-order valence-corrected chi connectivity index (χ3v) is 2.36. The Balaban J connectivity index is 2.39. The second-order valence-corrected chi connectivity index (χ2v) is 3.75. The standard InChI is InChI=1S/C10H16ClN3O/c1-2-9(13-10(15)3-4-11)7-14-6-5-12-8-14/h5-6,8-9H,2-4,7H2,1H3,(H,13,15). The van der Waals surface area contributed by atoms with E-state index in [0.29, 0.717) is 12.3 Å². The fourth-order valence-corrected chi connectivity index (χ4v) is 1.48. The lowest BCUT2D eigenvalue weighted by Gasteiger charge is -2.17. The Hall–Kier alpha value is -1.03. The number of carbonyl (C=O) groups excluding carboxylic acids is 1. The number of nitrogens with one attached hydrogen (secondary N) is 1. The summed E-state index contributed by atoms with van der Waals surface area (Å²) in [5.74, 6) is 0.379. The van der Waals surface area contributed by atoms with Crippen LogP contribution in [0.2, 0.25) is 0 Å². The van der Waals surface area contributed by atoms with Crippen molar-refractivity contribution in [2.24, 2.45) is 0 Å². The monoisotopic (exact) mass is 229 g/mol. The van der Waals surface area contributed by atoms with Crippen molar-refractivity contribution in [3.05, 3.63) is 18.7 Å². The molecule has 4 nitrogen and oxygen atoms in total. The molecule has 1 unspecified atom stereocenters. The van der Waals surface area contributed by atoms with Crippen LogP contribution in [0.1, 0.15) is 19.8 Å². The van der Waals surface area contributed by atoms with Crippen LogP contribution < -0.4 is 5.32 Å². The number of rotatable bonds is 6. The summed E-state index contributed by atoms with van der Waals surface area (Å²) in [6, 6.07) is 0.148. The number of carbonyl (C=O) groups is 1. The molecule has 0 radical (unpaired) electrons. The summed E-state index contributed by atoms with van der Waals surface area (Å²) in [4.78, 5) is 15.3. The molecule has 0 saturated carbocycles. The zero-order chi connectivity index (χ0) is 11.1. The molecule has 0 spiro atoms. The van der Waals surface area contributed by atoms with Gasteiger partial charge in [0.05, 0.1) is 6.33 Å². The normalized spacial score (nSPS) is 12.4. The Bertz CT molecular complexity index is 287. The molecular formula is C10H16ClN3O. The van der Waals surface area contributed by atoms with E-state index in [4.69, 9.17) is 11.6 Å². The maximum Gasteiger partial charge on any atom is 0.221 e. The molecule has 0 saturated heterocycles. The highest BCUT2D eigenvalue weighted by atomic mass is 35.5. The van der Waals surface area contributed by atoms with Gasteiger partial charge in [0.2, 0.25) is 5.91 Å². The summed E-state index contributed by atoms with van der Waals surface area (Å²) < 4.78 is 1.95. The molecule has 1 atom stereocenters. The SMILES string of the molecule is CCC(Cn1ccnc1)NC(=O)CCCl. The van der Waals surface area contributed by atoms with Gasteiger partial charge in [0.25, 0.3) is 0 Å². The largest absolute Gasteiger partial charge is 0.352 e. The molecular weight excluding hydrogens is 214 g/mol. The molecule has 1 N–H and O–H groups in total. The summed E-state index contributed by atoms with van der Waals surface area (Å²) in [5, 5.41) is 2.93. The topological polar surface area (TPSA) is 46.9 Å². The molecule has 5 heteroatoms. The molecule has 1 aromatic rings. The van der Waals surface area contributed by atoms with Gasteiger partial charge in [-0.05, 0) is 6.42 Å². The van der Waals surface area contributed by atoms with E-state index in [0.717, 1.165) is 13.0 Å². The highest BCUT2D eigenvalue weighted by Crippen LogP contribution is 1.98. The predicted octanol–water partition coefficient (Wildman–Crippen LogP) is 1.41. The van der Waals surface area contributed by atoms with Crippen molar-refractivity contribution in [3.8, 4) is 0 Å².